The maximum atomic E-state index is 13.0. The monoisotopic (exact) mass is 442 g/mol. The summed E-state index contributed by atoms with van der Waals surface area (Å²) in [6, 6.07) is 17.7. The normalized spacial score (nSPS) is 12.3. The summed E-state index contributed by atoms with van der Waals surface area (Å²) < 4.78 is 5.25. The zero-order valence-electron chi connectivity index (χ0n) is 17.4. The number of hydrogen-bond donors (Lipinski definition) is 3. The SMILES string of the molecule is O=C(N[C@H](Cc1c[nH]c2ccccc12)C(=O)[O-])/C(=C\c1ccco1)NC(=O)c1ccccc1. The fraction of sp³-hybridized carbons (Fsp3) is 0.0800. The topological polar surface area (TPSA) is 127 Å². The molecular formula is C25H20N3O5-. The molecule has 8 heteroatoms. The summed E-state index contributed by atoms with van der Waals surface area (Å²) >= 11 is 0. The predicted octanol–water partition coefficient (Wildman–Crippen LogP) is 2.01. The second-order valence-electron chi connectivity index (χ2n) is 7.30. The summed E-state index contributed by atoms with van der Waals surface area (Å²) in [5, 5.41) is 17.7. The van der Waals surface area contributed by atoms with E-state index in [2.05, 4.69) is 15.6 Å². The number of carboxylic acid groups (broad SMARTS) is 1. The second-order valence-corrected chi connectivity index (χ2v) is 7.30. The number of amides is 2. The van der Waals surface area contributed by atoms with Crippen molar-refractivity contribution < 1.29 is 23.9 Å². The highest BCUT2D eigenvalue weighted by atomic mass is 16.4. The van der Waals surface area contributed by atoms with E-state index in [0.29, 0.717) is 16.9 Å². The lowest BCUT2D eigenvalue weighted by atomic mass is 10.0. The Morgan fingerprint density at radius 2 is 1.76 bits per heavy atom. The molecule has 0 saturated carbocycles. The first-order valence-electron chi connectivity index (χ1n) is 10.2. The zero-order chi connectivity index (χ0) is 23.2. The number of hydrogen-bond acceptors (Lipinski definition) is 5. The molecule has 8 nitrogen and oxygen atoms in total. The van der Waals surface area contributed by atoms with E-state index in [4.69, 9.17) is 4.42 Å². The van der Waals surface area contributed by atoms with Gasteiger partial charge in [0, 0.05) is 35.2 Å². The molecule has 2 heterocycles. The smallest absolute Gasteiger partial charge is 0.268 e. The lowest BCUT2D eigenvalue weighted by Gasteiger charge is -2.20. The molecular weight excluding hydrogens is 422 g/mol. The third-order valence-electron chi connectivity index (χ3n) is 5.05. The van der Waals surface area contributed by atoms with Crippen LogP contribution in [0, 0.1) is 0 Å². The summed E-state index contributed by atoms with van der Waals surface area (Å²) in [6.07, 6.45) is 4.44. The van der Waals surface area contributed by atoms with Crippen molar-refractivity contribution in [2.45, 2.75) is 12.5 Å². The van der Waals surface area contributed by atoms with Gasteiger partial charge in [0.15, 0.2) is 0 Å². The number of H-pyrrole nitrogens is 1. The molecule has 33 heavy (non-hydrogen) atoms. The number of fused-ring (bicyclic) bond motifs is 1. The molecule has 4 aromatic rings. The Morgan fingerprint density at radius 1 is 1.00 bits per heavy atom. The molecule has 0 unspecified atom stereocenters. The van der Waals surface area contributed by atoms with E-state index in [1.165, 1.54) is 12.3 Å². The molecule has 0 aliphatic rings. The van der Waals surface area contributed by atoms with Crippen LogP contribution in [0.5, 0.6) is 0 Å². The highest BCUT2D eigenvalue weighted by molar-refractivity contribution is 6.06. The van der Waals surface area contributed by atoms with Crippen molar-refractivity contribution in [2.24, 2.45) is 0 Å². The molecule has 0 saturated heterocycles. The van der Waals surface area contributed by atoms with E-state index in [-0.39, 0.29) is 12.1 Å². The second kappa shape index (κ2) is 9.69. The van der Waals surface area contributed by atoms with E-state index >= 15 is 0 Å². The maximum absolute atomic E-state index is 13.0. The van der Waals surface area contributed by atoms with Gasteiger partial charge in [-0.25, -0.2) is 0 Å². The van der Waals surface area contributed by atoms with Gasteiger partial charge in [0.1, 0.15) is 11.5 Å². The minimum Gasteiger partial charge on any atom is -0.548 e. The van der Waals surface area contributed by atoms with Gasteiger partial charge in [0.05, 0.1) is 18.3 Å². The van der Waals surface area contributed by atoms with Gasteiger partial charge in [-0.2, -0.15) is 0 Å². The Hall–Kier alpha value is -4.59. The van der Waals surface area contributed by atoms with E-state index in [1.807, 2.05) is 24.3 Å². The van der Waals surface area contributed by atoms with Crippen LogP contribution in [0.1, 0.15) is 21.7 Å². The number of para-hydroxylation sites is 1. The van der Waals surface area contributed by atoms with Crippen LogP contribution < -0.4 is 15.7 Å². The third kappa shape index (κ3) is 5.19. The van der Waals surface area contributed by atoms with Gasteiger partial charge >= 0.3 is 0 Å². The van der Waals surface area contributed by atoms with Crippen molar-refractivity contribution in [3.63, 3.8) is 0 Å². The van der Waals surface area contributed by atoms with Crippen LogP contribution in [0.15, 0.2) is 89.3 Å². The molecule has 1 atom stereocenters. The van der Waals surface area contributed by atoms with Crippen LogP contribution in [0.25, 0.3) is 17.0 Å². The van der Waals surface area contributed by atoms with Crippen molar-refractivity contribution in [3.05, 3.63) is 102 Å². The van der Waals surface area contributed by atoms with Gasteiger partial charge in [-0.1, -0.05) is 36.4 Å². The van der Waals surface area contributed by atoms with Crippen molar-refractivity contribution >= 4 is 34.8 Å². The maximum Gasteiger partial charge on any atom is 0.268 e. The Kier molecular flexibility index (Phi) is 6.36. The first-order chi connectivity index (χ1) is 16.0. The Morgan fingerprint density at radius 3 is 2.48 bits per heavy atom. The van der Waals surface area contributed by atoms with Crippen LogP contribution >= 0.6 is 0 Å². The van der Waals surface area contributed by atoms with Crippen LogP contribution in [-0.4, -0.2) is 28.8 Å². The number of carbonyl (C=O) groups excluding carboxylic acids is 3. The quantitative estimate of drug-likeness (QED) is 0.360. The number of furan rings is 1. The Labute approximate surface area is 188 Å². The summed E-state index contributed by atoms with van der Waals surface area (Å²) in [7, 11) is 0. The fourth-order valence-electron chi connectivity index (χ4n) is 3.41. The largest absolute Gasteiger partial charge is 0.548 e. The van der Waals surface area contributed by atoms with E-state index < -0.39 is 23.8 Å². The highest BCUT2D eigenvalue weighted by Gasteiger charge is 2.21. The van der Waals surface area contributed by atoms with Gasteiger partial charge in [0.2, 0.25) is 0 Å². The Bertz CT molecular complexity index is 1310. The highest BCUT2D eigenvalue weighted by Crippen LogP contribution is 2.19. The van der Waals surface area contributed by atoms with Crippen molar-refractivity contribution in [1.29, 1.82) is 0 Å². The average Bonchev–Trinajstić information content (AvgIpc) is 3.48. The lowest BCUT2D eigenvalue weighted by molar-refractivity contribution is -0.308. The molecule has 2 aromatic heterocycles. The fourth-order valence-corrected chi connectivity index (χ4v) is 3.41. The van der Waals surface area contributed by atoms with Gasteiger partial charge < -0.3 is 29.9 Å². The van der Waals surface area contributed by atoms with E-state index in [0.717, 1.165) is 10.9 Å². The summed E-state index contributed by atoms with van der Waals surface area (Å²) in [5.41, 5.74) is 1.74. The molecule has 3 N–H and O–H groups in total. The molecule has 2 aromatic carbocycles. The number of carboxylic acids is 1. The van der Waals surface area contributed by atoms with Gasteiger partial charge in [-0.05, 0) is 35.9 Å². The number of aliphatic carboxylic acids is 1. The van der Waals surface area contributed by atoms with Crippen LogP contribution in [0.2, 0.25) is 0 Å². The third-order valence-corrected chi connectivity index (χ3v) is 5.05. The number of benzene rings is 2. The standard InChI is InChI=1S/C25H21N3O5/c29-23(16-7-2-1-3-8-16)27-21(14-18-9-6-12-33-18)24(30)28-22(25(31)32)13-17-15-26-20-11-5-4-10-19(17)20/h1-12,14-15,22,26H,13H2,(H,27,29)(H,28,30)(H,31,32)/p-1/b21-14+/t22-/m1/s1. The van der Waals surface area contributed by atoms with Gasteiger partial charge in [-0.3, -0.25) is 9.59 Å². The number of aromatic amines is 1. The number of aromatic nitrogens is 1. The van der Waals surface area contributed by atoms with Crippen LogP contribution in [-0.2, 0) is 16.0 Å². The first kappa shape index (κ1) is 21.6. The van der Waals surface area contributed by atoms with Gasteiger partial charge in [0.25, 0.3) is 11.8 Å². The molecule has 0 aliphatic heterocycles. The lowest BCUT2D eigenvalue weighted by Crippen LogP contribution is -2.50. The molecule has 0 bridgehead atoms. The van der Waals surface area contributed by atoms with E-state index in [1.54, 1.807) is 48.7 Å². The molecule has 4 rings (SSSR count). The van der Waals surface area contributed by atoms with Crippen molar-refractivity contribution in [2.75, 3.05) is 0 Å². The molecule has 2 amide bonds. The van der Waals surface area contributed by atoms with Crippen molar-refractivity contribution in [3.8, 4) is 0 Å². The number of nitrogens with one attached hydrogen (secondary N) is 3. The average molecular weight is 442 g/mol. The van der Waals surface area contributed by atoms with E-state index in [9.17, 15) is 19.5 Å². The summed E-state index contributed by atoms with van der Waals surface area (Å²) in [5.74, 6) is -2.44. The Balaban J connectivity index is 1.56. The molecule has 0 aliphatic carbocycles. The molecule has 0 radical (unpaired) electrons. The molecule has 0 fully saturated rings. The molecule has 166 valence electrons. The molecule has 0 spiro atoms. The first-order valence-corrected chi connectivity index (χ1v) is 10.2. The van der Waals surface area contributed by atoms with Gasteiger partial charge in [-0.15, -0.1) is 0 Å². The summed E-state index contributed by atoms with van der Waals surface area (Å²) in [6.45, 7) is 0. The van der Waals surface area contributed by atoms with Crippen LogP contribution in [0.3, 0.4) is 0 Å². The number of rotatable bonds is 8. The minimum absolute atomic E-state index is 0.00124. The predicted molar refractivity (Wildman–Crippen MR) is 120 cm³/mol. The number of carbonyl (C=O) groups is 3. The summed E-state index contributed by atoms with van der Waals surface area (Å²) in [4.78, 5) is 40.5. The van der Waals surface area contributed by atoms with Crippen LogP contribution in [0.4, 0.5) is 0 Å². The minimum atomic E-state index is -1.44. The zero-order valence-corrected chi connectivity index (χ0v) is 17.4. The van der Waals surface area contributed by atoms with Crippen molar-refractivity contribution in [1.82, 2.24) is 15.6 Å².